The number of aryl methyl sites for hydroxylation is 2. The molecule has 0 radical (unpaired) electrons. The predicted octanol–water partition coefficient (Wildman–Crippen LogP) is 2.80. The fourth-order valence-electron chi connectivity index (χ4n) is 2.68. The number of guanidine groups is 1. The first kappa shape index (κ1) is 23.1. The molecule has 1 aromatic carbocycles. The van der Waals surface area contributed by atoms with Crippen LogP contribution in [0.2, 0.25) is 0 Å². The summed E-state index contributed by atoms with van der Waals surface area (Å²) in [7, 11) is 5.35. The summed E-state index contributed by atoms with van der Waals surface area (Å²) in [5, 5.41) is 11.1. The molecule has 8 heteroatoms. The fourth-order valence-corrected chi connectivity index (χ4v) is 2.68. The minimum absolute atomic E-state index is 0. The summed E-state index contributed by atoms with van der Waals surface area (Å²) >= 11 is 0. The Bertz CT molecular complexity index is 761. The van der Waals surface area contributed by atoms with E-state index in [0.29, 0.717) is 13.1 Å². The highest BCUT2D eigenvalue weighted by Gasteiger charge is 2.11. The SMILES string of the molecule is CN=C(NCc1c(C)nn(C)c1C)NCC(C)Oc1ccccc1OC.I. The fraction of sp³-hybridized carbons (Fsp3) is 0.474. The molecule has 0 aliphatic rings. The van der Waals surface area contributed by atoms with Gasteiger partial charge in [0.15, 0.2) is 17.5 Å². The number of hydrogen-bond acceptors (Lipinski definition) is 4. The van der Waals surface area contributed by atoms with Crippen LogP contribution in [0.5, 0.6) is 11.5 Å². The van der Waals surface area contributed by atoms with Gasteiger partial charge in [0, 0.05) is 31.9 Å². The first-order valence-corrected chi connectivity index (χ1v) is 8.69. The van der Waals surface area contributed by atoms with Crippen LogP contribution in [0.1, 0.15) is 23.9 Å². The number of nitrogens with one attached hydrogen (secondary N) is 2. The van der Waals surface area contributed by atoms with Gasteiger partial charge >= 0.3 is 0 Å². The lowest BCUT2D eigenvalue weighted by Gasteiger charge is -2.19. The van der Waals surface area contributed by atoms with Crippen LogP contribution in [0.15, 0.2) is 29.3 Å². The predicted molar refractivity (Wildman–Crippen MR) is 119 cm³/mol. The van der Waals surface area contributed by atoms with E-state index in [2.05, 4.69) is 27.6 Å². The zero-order chi connectivity index (χ0) is 19.1. The summed E-state index contributed by atoms with van der Waals surface area (Å²) < 4.78 is 13.2. The molecule has 2 aromatic rings. The number of nitrogens with zero attached hydrogens (tertiary/aromatic N) is 3. The molecule has 27 heavy (non-hydrogen) atoms. The van der Waals surface area contributed by atoms with Crippen LogP contribution in [0, 0.1) is 13.8 Å². The molecular formula is C19H30IN5O2. The maximum absolute atomic E-state index is 5.95. The molecule has 0 amide bonds. The molecular weight excluding hydrogens is 457 g/mol. The number of aliphatic imine (C=N–C) groups is 1. The average Bonchev–Trinajstić information content (AvgIpc) is 2.88. The van der Waals surface area contributed by atoms with Crippen molar-refractivity contribution in [2.24, 2.45) is 12.0 Å². The maximum Gasteiger partial charge on any atom is 0.191 e. The van der Waals surface area contributed by atoms with E-state index >= 15 is 0 Å². The zero-order valence-electron chi connectivity index (χ0n) is 16.9. The Morgan fingerprint density at radius 2 is 1.89 bits per heavy atom. The Balaban J connectivity index is 0.00000364. The molecule has 7 nitrogen and oxygen atoms in total. The van der Waals surface area contributed by atoms with Crippen LogP contribution < -0.4 is 20.1 Å². The number of ether oxygens (including phenoxy) is 2. The van der Waals surface area contributed by atoms with Crippen LogP contribution in [-0.4, -0.2) is 42.5 Å². The second-order valence-electron chi connectivity index (χ2n) is 6.16. The van der Waals surface area contributed by atoms with Gasteiger partial charge in [0.1, 0.15) is 6.10 Å². The summed E-state index contributed by atoms with van der Waals surface area (Å²) in [6, 6.07) is 7.63. The molecule has 0 spiro atoms. The van der Waals surface area contributed by atoms with Gasteiger partial charge in [-0.05, 0) is 32.9 Å². The van der Waals surface area contributed by atoms with Crippen molar-refractivity contribution in [3.8, 4) is 11.5 Å². The Hall–Kier alpha value is -1.97. The molecule has 1 heterocycles. The van der Waals surface area contributed by atoms with Crippen LogP contribution in [0.25, 0.3) is 0 Å². The summed E-state index contributed by atoms with van der Waals surface area (Å²) in [5.41, 5.74) is 3.37. The summed E-state index contributed by atoms with van der Waals surface area (Å²) in [5.74, 6) is 2.18. The van der Waals surface area contributed by atoms with Crippen molar-refractivity contribution in [1.82, 2.24) is 20.4 Å². The number of benzene rings is 1. The number of hydrogen-bond donors (Lipinski definition) is 2. The summed E-state index contributed by atoms with van der Waals surface area (Å²) in [6.07, 6.45) is -0.0493. The Labute approximate surface area is 178 Å². The van der Waals surface area contributed by atoms with Gasteiger partial charge in [-0.15, -0.1) is 24.0 Å². The highest BCUT2D eigenvalue weighted by Crippen LogP contribution is 2.26. The van der Waals surface area contributed by atoms with E-state index in [0.717, 1.165) is 28.8 Å². The molecule has 0 saturated carbocycles. The minimum Gasteiger partial charge on any atom is -0.493 e. The molecule has 150 valence electrons. The van der Waals surface area contributed by atoms with Crippen molar-refractivity contribution < 1.29 is 9.47 Å². The third-order valence-electron chi connectivity index (χ3n) is 4.27. The van der Waals surface area contributed by atoms with Gasteiger partial charge in [-0.1, -0.05) is 12.1 Å². The summed E-state index contributed by atoms with van der Waals surface area (Å²) in [6.45, 7) is 7.37. The Morgan fingerprint density at radius 1 is 1.22 bits per heavy atom. The van der Waals surface area contributed by atoms with Crippen LogP contribution in [0.4, 0.5) is 0 Å². The van der Waals surface area contributed by atoms with Crippen LogP contribution in [0.3, 0.4) is 0 Å². The van der Waals surface area contributed by atoms with Gasteiger partial charge in [0.25, 0.3) is 0 Å². The molecule has 1 unspecified atom stereocenters. The van der Waals surface area contributed by atoms with Gasteiger partial charge in [-0.3, -0.25) is 9.67 Å². The first-order valence-electron chi connectivity index (χ1n) is 8.69. The average molecular weight is 487 g/mol. The van der Waals surface area contributed by atoms with E-state index in [1.807, 2.05) is 49.8 Å². The van der Waals surface area contributed by atoms with E-state index in [4.69, 9.17) is 9.47 Å². The molecule has 0 aliphatic heterocycles. The third-order valence-corrected chi connectivity index (χ3v) is 4.27. The maximum atomic E-state index is 5.95. The lowest BCUT2D eigenvalue weighted by atomic mass is 10.2. The molecule has 1 aromatic heterocycles. The number of methoxy groups -OCH3 is 1. The van der Waals surface area contributed by atoms with Crippen LogP contribution >= 0.6 is 24.0 Å². The third kappa shape index (κ3) is 6.30. The molecule has 0 aliphatic carbocycles. The molecule has 2 N–H and O–H groups in total. The second kappa shape index (κ2) is 11.0. The highest BCUT2D eigenvalue weighted by atomic mass is 127. The smallest absolute Gasteiger partial charge is 0.191 e. The topological polar surface area (TPSA) is 72.7 Å². The second-order valence-corrected chi connectivity index (χ2v) is 6.16. The van der Waals surface area contributed by atoms with Crippen molar-refractivity contribution in [2.75, 3.05) is 20.7 Å². The van der Waals surface area contributed by atoms with Gasteiger partial charge in [0.05, 0.1) is 19.3 Å². The van der Waals surface area contributed by atoms with E-state index in [9.17, 15) is 0 Å². The van der Waals surface area contributed by atoms with Gasteiger partial charge in [-0.2, -0.15) is 5.10 Å². The van der Waals surface area contributed by atoms with Crippen molar-refractivity contribution >= 4 is 29.9 Å². The van der Waals surface area contributed by atoms with Crippen molar-refractivity contribution in [3.05, 3.63) is 41.2 Å². The number of rotatable bonds is 7. The van der Waals surface area contributed by atoms with E-state index in [1.54, 1.807) is 14.2 Å². The zero-order valence-corrected chi connectivity index (χ0v) is 19.2. The van der Waals surface area contributed by atoms with E-state index in [1.165, 1.54) is 5.56 Å². The normalized spacial score (nSPS) is 12.1. The molecule has 0 fully saturated rings. The van der Waals surface area contributed by atoms with Gasteiger partial charge < -0.3 is 20.1 Å². The van der Waals surface area contributed by atoms with Gasteiger partial charge in [0.2, 0.25) is 0 Å². The number of aromatic nitrogens is 2. The van der Waals surface area contributed by atoms with Crippen molar-refractivity contribution in [1.29, 1.82) is 0 Å². The quantitative estimate of drug-likeness (QED) is 0.357. The molecule has 0 saturated heterocycles. The van der Waals surface area contributed by atoms with E-state index in [-0.39, 0.29) is 30.1 Å². The number of halogens is 1. The molecule has 0 bridgehead atoms. The Kier molecular flexibility index (Phi) is 9.40. The molecule has 2 rings (SSSR count). The monoisotopic (exact) mass is 487 g/mol. The standard InChI is InChI=1S/C19H29N5O2.HI/c1-13(26-18-10-8-7-9-17(18)25-6)11-21-19(20-4)22-12-16-14(2)23-24(5)15(16)3;/h7-10,13H,11-12H2,1-6H3,(H2,20,21,22);1H. The molecule has 1 atom stereocenters. The number of para-hydroxylation sites is 2. The van der Waals surface area contributed by atoms with Crippen molar-refractivity contribution in [3.63, 3.8) is 0 Å². The van der Waals surface area contributed by atoms with Crippen LogP contribution in [-0.2, 0) is 13.6 Å². The minimum atomic E-state index is -0.0493. The van der Waals surface area contributed by atoms with Gasteiger partial charge in [-0.25, -0.2) is 0 Å². The first-order chi connectivity index (χ1) is 12.5. The largest absolute Gasteiger partial charge is 0.493 e. The Morgan fingerprint density at radius 3 is 2.44 bits per heavy atom. The highest BCUT2D eigenvalue weighted by molar-refractivity contribution is 14.0. The summed E-state index contributed by atoms with van der Waals surface area (Å²) in [4.78, 5) is 4.27. The van der Waals surface area contributed by atoms with E-state index < -0.39 is 0 Å². The lowest BCUT2D eigenvalue weighted by molar-refractivity contribution is 0.213. The lowest BCUT2D eigenvalue weighted by Crippen LogP contribution is -2.41. The van der Waals surface area contributed by atoms with Crippen molar-refractivity contribution in [2.45, 2.75) is 33.4 Å².